The summed E-state index contributed by atoms with van der Waals surface area (Å²) in [5, 5.41) is 3.55. The molecule has 0 aromatic heterocycles. The van der Waals surface area contributed by atoms with Gasteiger partial charge in [0.1, 0.15) is 0 Å². The van der Waals surface area contributed by atoms with Gasteiger partial charge in [0.05, 0.1) is 0 Å². The number of nitrogens with one attached hydrogen (secondary N) is 1. The van der Waals surface area contributed by atoms with Crippen molar-refractivity contribution in [3.63, 3.8) is 0 Å². The third kappa shape index (κ3) is 2.85. The standard InChI is InChI=1S/C15H28N2/c1-12-9-16-5-2-6-17(10-12)11-15-8-13-3-4-14(15)7-13/h12-16H,2-11H2,1H3. The summed E-state index contributed by atoms with van der Waals surface area (Å²) < 4.78 is 0. The zero-order valence-corrected chi connectivity index (χ0v) is 11.3. The van der Waals surface area contributed by atoms with E-state index in [1.165, 1.54) is 39.1 Å². The van der Waals surface area contributed by atoms with Gasteiger partial charge in [-0.2, -0.15) is 0 Å². The lowest BCUT2D eigenvalue weighted by Crippen LogP contribution is -2.41. The fourth-order valence-corrected chi connectivity index (χ4v) is 4.47. The summed E-state index contributed by atoms with van der Waals surface area (Å²) in [5.41, 5.74) is 0. The second-order valence-corrected chi connectivity index (χ2v) is 6.86. The fourth-order valence-electron chi connectivity index (χ4n) is 4.47. The van der Waals surface area contributed by atoms with Crippen molar-refractivity contribution in [3.8, 4) is 0 Å². The van der Waals surface area contributed by atoms with Gasteiger partial charge >= 0.3 is 0 Å². The van der Waals surface area contributed by atoms with E-state index in [2.05, 4.69) is 17.1 Å². The molecule has 3 aliphatic rings. The molecule has 0 amide bonds. The Kier molecular flexibility index (Phi) is 3.72. The number of nitrogens with zero attached hydrogens (tertiary/aromatic N) is 1. The minimum atomic E-state index is 0.828. The molecule has 2 nitrogen and oxygen atoms in total. The predicted octanol–water partition coefficient (Wildman–Crippen LogP) is 2.35. The summed E-state index contributed by atoms with van der Waals surface area (Å²) in [6.45, 7) is 8.88. The van der Waals surface area contributed by atoms with E-state index in [1.807, 2.05) is 0 Å². The monoisotopic (exact) mass is 236 g/mol. The molecule has 1 N–H and O–H groups in total. The Labute approximate surface area is 106 Å². The molecule has 1 saturated heterocycles. The van der Waals surface area contributed by atoms with Crippen LogP contribution in [0.25, 0.3) is 0 Å². The average molecular weight is 236 g/mol. The smallest absolute Gasteiger partial charge is 0.00193 e. The first-order chi connectivity index (χ1) is 8.31. The Balaban J connectivity index is 1.52. The van der Waals surface area contributed by atoms with Crippen LogP contribution in [0.3, 0.4) is 0 Å². The fraction of sp³-hybridized carbons (Fsp3) is 1.00. The van der Waals surface area contributed by atoms with E-state index >= 15 is 0 Å². The SMILES string of the molecule is CC1CNCCCN(CC2CC3CCC2C3)C1. The molecule has 17 heavy (non-hydrogen) atoms. The van der Waals surface area contributed by atoms with Gasteiger partial charge in [0.25, 0.3) is 0 Å². The number of fused-ring (bicyclic) bond motifs is 2. The number of hydrogen-bond acceptors (Lipinski definition) is 2. The van der Waals surface area contributed by atoms with Crippen molar-refractivity contribution >= 4 is 0 Å². The quantitative estimate of drug-likeness (QED) is 0.792. The van der Waals surface area contributed by atoms with Gasteiger partial charge in [0, 0.05) is 13.1 Å². The topological polar surface area (TPSA) is 15.3 Å². The van der Waals surface area contributed by atoms with Gasteiger partial charge in [-0.15, -0.1) is 0 Å². The van der Waals surface area contributed by atoms with E-state index in [9.17, 15) is 0 Å². The zero-order chi connectivity index (χ0) is 11.7. The minimum absolute atomic E-state index is 0.828. The van der Waals surface area contributed by atoms with Crippen LogP contribution in [0.5, 0.6) is 0 Å². The Hall–Kier alpha value is -0.0800. The zero-order valence-electron chi connectivity index (χ0n) is 11.3. The molecule has 3 fully saturated rings. The van der Waals surface area contributed by atoms with Crippen LogP contribution in [-0.2, 0) is 0 Å². The molecule has 2 bridgehead atoms. The van der Waals surface area contributed by atoms with Crippen LogP contribution in [0.2, 0.25) is 0 Å². The minimum Gasteiger partial charge on any atom is -0.316 e. The molecule has 2 aliphatic carbocycles. The van der Waals surface area contributed by atoms with Gasteiger partial charge in [-0.25, -0.2) is 0 Å². The second-order valence-electron chi connectivity index (χ2n) is 6.86. The molecule has 2 saturated carbocycles. The van der Waals surface area contributed by atoms with E-state index in [-0.39, 0.29) is 0 Å². The Morgan fingerprint density at radius 1 is 1.24 bits per heavy atom. The molecule has 0 aromatic carbocycles. The summed E-state index contributed by atoms with van der Waals surface area (Å²) >= 11 is 0. The van der Waals surface area contributed by atoms with Crippen molar-refractivity contribution in [2.24, 2.45) is 23.7 Å². The number of hydrogen-bond donors (Lipinski definition) is 1. The van der Waals surface area contributed by atoms with E-state index in [0.29, 0.717) is 0 Å². The Bertz CT molecular complexity index is 253. The van der Waals surface area contributed by atoms with Crippen molar-refractivity contribution in [1.29, 1.82) is 0 Å². The summed E-state index contributed by atoms with van der Waals surface area (Å²) in [6, 6.07) is 0. The van der Waals surface area contributed by atoms with Crippen molar-refractivity contribution in [1.82, 2.24) is 10.2 Å². The van der Waals surface area contributed by atoms with Crippen LogP contribution >= 0.6 is 0 Å². The van der Waals surface area contributed by atoms with E-state index in [1.54, 1.807) is 25.7 Å². The molecule has 1 heterocycles. The lowest BCUT2D eigenvalue weighted by molar-refractivity contribution is 0.160. The van der Waals surface area contributed by atoms with E-state index in [4.69, 9.17) is 0 Å². The maximum Gasteiger partial charge on any atom is 0.00193 e. The highest BCUT2D eigenvalue weighted by atomic mass is 15.1. The van der Waals surface area contributed by atoms with E-state index < -0.39 is 0 Å². The number of rotatable bonds is 2. The van der Waals surface area contributed by atoms with Gasteiger partial charge < -0.3 is 10.2 Å². The molecular formula is C15H28N2. The molecule has 4 unspecified atom stereocenters. The average Bonchev–Trinajstić information content (AvgIpc) is 2.87. The first-order valence-electron chi connectivity index (χ1n) is 7.74. The van der Waals surface area contributed by atoms with Gasteiger partial charge in [-0.1, -0.05) is 13.3 Å². The molecule has 3 rings (SSSR count). The maximum atomic E-state index is 3.55. The molecule has 0 spiro atoms. The normalized spacial score (nSPS) is 43.6. The van der Waals surface area contributed by atoms with Crippen LogP contribution in [0.1, 0.15) is 39.0 Å². The largest absolute Gasteiger partial charge is 0.316 e. The van der Waals surface area contributed by atoms with Crippen LogP contribution < -0.4 is 5.32 Å². The summed E-state index contributed by atoms with van der Waals surface area (Å²) in [5.74, 6) is 4.08. The van der Waals surface area contributed by atoms with E-state index in [0.717, 1.165) is 23.7 Å². The summed E-state index contributed by atoms with van der Waals surface area (Å²) in [6.07, 6.45) is 7.54. The molecular weight excluding hydrogens is 208 g/mol. The lowest BCUT2D eigenvalue weighted by Gasteiger charge is -2.33. The lowest BCUT2D eigenvalue weighted by atomic mass is 9.88. The third-order valence-electron chi connectivity index (χ3n) is 5.27. The molecule has 0 radical (unpaired) electrons. The van der Waals surface area contributed by atoms with Crippen LogP contribution in [0, 0.1) is 23.7 Å². The predicted molar refractivity (Wildman–Crippen MR) is 72.0 cm³/mol. The Morgan fingerprint density at radius 2 is 2.18 bits per heavy atom. The van der Waals surface area contributed by atoms with Gasteiger partial charge in [-0.3, -0.25) is 0 Å². The highest BCUT2D eigenvalue weighted by Gasteiger charge is 2.39. The van der Waals surface area contributed by atoms with Crippen molar-refractivity contribution in [2.75, 3.05) is 32.7 Å². The summed E-state index contributed by atoms with van der Waals surface area (Å²) in [7, 11) is 0. The molecule has 4 atom stereocenters. The second kappa shape index (κ2) is 5.27. The Morgan fingerprint density at radius 3 is 2.94 bits per heavy atom. The molecule has 98 valence electrons. The van der Waals surface area contributed by atoms with Gasteiger partial charge in [-0.05, 0) is 69.0 Å². The molecule has 0 aromatic rings. The van der Waals surface area contributed by atoms with Gasteiger partial charge in [0.2, 0.25) is 0 Å². The highest BCUT2D eigenvalue weighted by molar-refractivity contribution is 4.91. The highest BCUT2D eigenvalue weighted by Crippen LogP contribution is 2.48. The first-order valence-corrected chi connectivity index (χ1v) is 7.74. The molecule has 2 heteroatoms. The maximum absolute atomic E-state index is 3.55. The van der Waals surface area contributed by atoms with Crippen LogP contribution in [-0.4, -0.2) is 37.6 Å². The van der Waals surface area contributed by atoms with Crippen LogP contribution in [0.15, 0.2) is 0 Å². The van der Waals surface area contributed by atoms with Gasteiger partial charge in [0.15, 0.2) is 0 Å². The van der Waals surface area contributed by atoms with Crippen molar-refractivity contribution in [3.05, 3.63) is 0 Å². The first kappa shape index (κ1) is 12.0. The van der Waals surface area contributed by atoms with Crippen molar-refractivity contribution in [2.45, 2.75) is 39.0 Å². The van der Waals surface area contributed by atoms with Crippen LogP contribution in [0.4, 0.5) is 0 Å². The van der Waals surface area contributed by atoms with Crippen molar-refractivity contribution < 1.29 is 0 Å². The summed E-state index contributed by atoms with van der Waals surface area (Å²) in [4.78, 5) is 2.77. The molecule has 1 aliphatic heterocycles. The third-order valence-corrected chi connectivity index (χ3v) is 5.27.